The molecule has 0 bridgehead atoms. The summed E-state index contributed by atoms with van der Waals surface area (Å²) < 4.78 is 10.4. The Morgan fingerprint density at radius 2 is 2.15 bits per heavy atom. The number of thiazole rings is 1. The fraction of sp³-hybridized carbons (Fsp3) is 0.143. The minimum atomic E-state index is -0.374. The van der Waals surface area contributed by atoms with E-state index in [1.54, 1.807) is 43.5 Å². The van der Waals surface area contributed by atoms with E-state index in [1.807, 2.05) is 0 Å². The molecule has 0 fully saturated rings. The molecule has 0 amide bonds. The van der Waals surface area contributed by atoms with Gasteiger partial charge in [-0.1, -0.05) is 22.9 Å². The average molecular weight is 310 g/mol. The van der Waals surface area contributed by atoms with Crippen molar-refractivity contribution in [3.63, 3.8) is 0 Å². The van der Waals surface area contributed by atoms with E-state index in [9.17, 15) is 4.79 Å². The number of rotatable bonds is 5. The fourth-order valence-electron chi connectivity index (χ4n) is 1.34. The molecule has 0 aliphatic rings. The lowest BCUT2D eigenvalue weighted by Gasteiger charge is -2.00. The number of hydrogen-bond donors (Lipinski definition) is 0. The van der Waals surface area contributed by atoms with Gasteiger partial charge in [0.1, 0.15) is 5.75 Å². The number of benzene rings is 1. The Balaban J connectivity index is 1.98. The maximum Gasteiger partial charge on any atom is 0.330 e. The van der Waals surface area contributed by atoms with Crippen molar-refractivity contribution in [1.29, 1.82) is 0 Å². The van der Waals surface area contributed by atoms with Crippen LogP contribution in [0.4, 0.5) is 0 Å². The molecule has 6 heteroatoms. The van der Waals surface area contributed by atoms with Gasteiger partial charge < -0.3 is 9.47 Å². The molecule has 2 rings (SSSR count). The molecule has 0 atom stereocenters. The third-order valence-electron chi connectivity index (χ3n) is 2.19. The summed E-state index contributed by atoms with van der Waals surface area (Å²) in [7, 11) is 0. The molecule has 20 heavy (non-hydrogen) atoms. The second-order valence-corrected chi connectivity index (χ2v) is 5.13. The number of nitrogens with zero attached hydrogens (tertiary/aromatic N) is 1. The predicted molar refractivity (Wildman–Crippen MR) is 79.3 cm³/mol. The number of carbonyl (C=O) groups is 1. The minimum absolute atomic E-state index is 0.358. The maximum absolute atomic E-state index is 11.2. The van der Waals surface area contributed by atoms with Crippen LogP contribution in [0.5, 0.6) is 10.9 Å². The third kappa shape index (κ3) is 4.36. The van der Waals surface area contributed by atoms with Gasteiger partial charge in [-0.25, -0.2) is 9.78 Å². The zero-order chi connectivity index (χ0) is 14.4. The smallest absolute Gasteiger partial charge is 0.330 e. The second-order valence-electron chi connectivity index (χ2n) is 3.67. The molecule has 0 aliphatic carbocycles. The Bertz CT molecular complexity index is 607. The van der Waals surface area contributed by atoms with Gasteiger partial charge in [0.25, 0.3) is 5.19 Å². The molecule has 104 valence electrons. The number of ether oxygens (including phenoxy) is 2. The highest BCUT2D eigenvalue weighted by Crippen LogP contribution is 2.27. The Hall–Kier alpha value is -1.85. The molecule has 4 nitrogen and oxygen atoms in total. The van der Waals surface area contributed by atoms with E-state index >= 15 is 0 Å². The van der Waals surface area contributed by atoms with E-state index in [4.69, 9.17) is 21.1 Å². The van der Waals surface area contributed by atoms with E-state index < -0.39 is 0 Å². The van der Waals surface area contributed by atoms with Gasteiger partial charge in [-0.05, 0) is 37.3 Å². The summed E-state index contributed by atoms with van der Waals surface area (Å²) in [5.41, 5.74) is 0. The summed E-state index contributed by atoms with van der Waals surface area (Å²) >= 11 is 7.12. The summed E-state index contributed by atoms with van der Waals surface area (Å²) in [6.07, 6.45) is 4.64. The van der Waals surface area contributed by atoms with Gasteiger partial charge in [0, 0.05) is 17.3 Å². The molecule has 1 aromatic carbocycles. The predicted octanol–water partition coefficient (Wildman–Crippen LogP) is 4.17. The van der Waals surface area contributed by atoms with Crippen molar-refractivity contribution in [3.8, 4) is 10.9 Å². The highest BCUT2D eigenvalue weighted by Gasteiger charge is 2.03. The molecule has 0 spiro atoms. The summed E-state index contributed by atoms with van der Waals surface area (Å²) in [6.45, 7) is 2.12. The number of carbonyl (C=O) groups excluding carboxylic acids is 1. The Morgan fingerprint density at radius 3 is 2.85 bits per heavy atom. The summed E-state index contributed by atoms with van der Waals surface area (Å²) in [5, 5.41) is 1.14. The Labute approximate surface area is 125 Å². The Morgan fingerprint density at radius 1 is 1.40 bits per heavy atom. The highest BCUT2D eigenvalue weighted by atomic mass is 35.5. The van der Waals surface area contributed by atoms with Crippen molar-refractivity contribution >= 4 is 35.0 Å². The first-order chi connectivity index (χ1) is 9.67. The van der Waals surface area contributed by atoms with Crippen molar-refractivity contribution in [2.45, 2.75) is 6.92 Å². The lowest BCUT2D eigenvalue weighted by atomic mass is 10.3. The van der Waals surface area contributed by atoms with E-state index in [-0.39, 0.29) is 5.97 Å². The van der Waals surface area contributed by atoms with Gasteiger partial charge in [-0.2, -0.15) is 0 Å². The lowest BCUT2D eigenvalue weighted by Crippen LogP contribution is -1.98. The second kappa shape index (κ2) is 7.07. The van der Waals surface area contributed by atoms with E-state index in [1.165, 1.54) is 17.4 Å². The number of hydrogen-bond acceptors (Lipinski definition) is 5. The molecule has 2 aromatic rings. The zero-order valence-corrected chi connectivity index (χ0v) is 12.3. The third-order valence-corrected chi connectivity index (χ3v) is 3.28. The van der Waals surface area contributed by atoms with Crippen LogP contribution in [-0.4, -0.2) is 17.6 Å². The molecular weight excluding hydrogens is 298 g/mol. The largest absolute Gasteiger partial charge is 0.463 e. The molecular formula is C14H12ClNO3S. The molecule has 0 unspecified atom stereocenters. The highest BCUT2D eigenvalue weighted by molar-refractivity contribution is 7.14. The molecule has 0 saturated carbocycles. The van der Waals surface area contributed by atoms with Crippen LogP contribution in [0.25, 0.3) is 6.08 Å². The first kappa shape index (κ1) is 14.6. The molecule has 1 heterocycles. The number of esters is 1. The van der Waals surface area contributed by atoms with Crippen molar-refractivity contribution in [2.75, 3.05) is 6.61 Å². The number of aromatic nitrogens is 1. The van der Waals surface area contributed by atoms with Crippen LogP contribution in [0.15, 0.2) is 36.5 Å². The van der Waals surface area contributed by atoms with Crippen molar-refractivity contribution in [3.05, 3.63) is 46.4 Å². The Kier molecular flexibility index (Phi) is 5.15. The monoisotopic (exact) mass is 309 g/mol. The maximum atomic E-state index is 11.2. The van der Waals surface area contributed by atoms with E-state index in [0.29, 0.717) is 22.6 Å². The standard InChI is InChI=1S/C14H12ClNO3S/c1-2-18-13(17)8-7-12-9-16-14(20-12)19-11-5-3-10(15)4-6-11/h3-9H,2H2,1H3/b8-7+. The summed E-state index contributed by atoms with van der Waals surface area (Å²) in [6, 6.07) is 7.01. The molecule has 0 N–H and O–H groups in total. The van der Waals surface area contributed by atoms with Gasteiger partial charge in [-0.15, -0.1) is 0 Å². The van der Waals surface area contributed by atoms with Crippen LogP contribution in [0.1, 0.15) is 11.8 Å². The lowest BCUT2D eigenvalue weighted by molar-refractivity contribution is -0.137. The molecule has 0 saturated heterocycles. The first-order valence-electron chi connectivity index (χ1n) is 5.91. The van der Waals surface area contributed by atoms with Crippen LogP contribution < -0.4 is 4.74 Å². The van der Waals surface area contributed by atoms with Gasteiger partial charge in [0.05, 0.1) is 11.5 Å². The topological polar surface area (TPSA) is 48.4 Å². The van der Waals surface area contributed by atoms with Crippen LogP contribution in [-0.2, 0) is 9.53 Å². The summed E-state index contributed by atoms with van der Waals surface area (Å²) in [4.78, 5) is 16.1. The number of halogens is 1. The zero-order valence-electron chi connectivity index (χ0n) is 10.7. The molecule has 0 aliphatic heterocycles. The van der Waals surface area contributed by atoms with Crippen molar-refractivity contribution < 1.29 is 14.3 Å². The van der Waals surface area contributed by atoms with Gasteiger partial charge >= 0.3 is 5.97 Å². The van der Waals surface area contributed by atoms with E-state index in [2.05, 4.69) is 4.98 Å². The molecule has 1 aromatic heterocycles. The van der Waals surface area contributed by atoms with Crippen LogP contribution in [0, 0.1) is 0 Å². The van der Waals surface area contributed by atoms with Gasteiger partial charge in [0.15, 0.2) is 0 Å². The average Bonchev–Trinajstić information content (AvgIpc) is 2.87. The SMILES string of the molecule is CCOC(=O)/C=C/c1cnc(Oc2ccc(Cl)cc2)s1. The van der Waals surface area contributed by atoms with E-state index in [0.717, 1.165) is 4.88 Å². The quantitative estimate of drug-likeness (QED) is 0.614. The van der Waals surface area contributed by atoms with Crippen LogP contribution in [0.3, 0.4) is 0 Å². The first-order valence-corrected chi connectivity index (χ1v) is 7.11. The molecule has 0 radical (unpaired) electrons. The van der Waals surface area contributed by atoms with Crippen molar-refractivity contribution in [2.24, 2.45) is 0 Å². The fourth-order valence-corrected chi connectivity index (χ4v) is 2.15. The van der Waals surface area contributed by atoms with Crippen molar-refractivity contribution in [1.82, 2.24) is 4.98 Å². The van der Waals surface area contributed by atoms with Gasteiger partial charge in [-0.3, -0.25) is 0 Å². The normalized spacial score (nSPS) is 10.7. The summed E-state index contributed by atoms with van der Waals surface area (Å²) in [5.74, 6) is 0.283. The minimum Gasteiger partial charge on any atom is -0.463 e. The van der Waals surface area contributed by atoms with Gasteiger partial charge in [0.2, 0.25) is 0 Å². The van der Waals surface area contributed by atoms with Crippen LogP contribution >= 0.6 is 22.9 Å². The van der Waals surface area contributed by atoms with Crippen LogP contribution in [0.2, 0.25) is 5.02 Å².